The van der Waals surface area contributed by atoms with E-state index in [1.165, 1.54) is 0 Å². The van der Waals surface area contributed by atoms with Crippen LogP contribution in [0.1, 0.15) is 31.7 Å². The van der Waals surface area contributed by atoms with Gasteiger partial charge in [0.05, 0.1) is 5.41 Å². The zero-order valence-electron chi connectivity index (χ0n) is 11.0. The zero-order chi connectivity index (χ0) is 12.8. The van der Waals surface area contributed by atoms with Crippen LogP contribution in [0.2, 0.25) is 0 Å². The molecule has 0 heterocycles. The lowest BCUT2D eigenvalue weighted by molar-refractivity contribution is -0.129. The van der Waals surface area contributed by atoms with Crippen LogP contribution >= 0.6 is 0 Å². The maximum absolute atomic E-state index is 12.4. The molecule has 1 amide bonds. The molecule has 0 aromatic heterocycles. The van der Waals surface area contributed by atoms with E-state index < -0.39 is 0 Å². The molecule has 0 bridgehead atoms. The second-order valence-electron chi connectivity index (χ2n) is 4.91. The molecular formula is C15H22N2O. The lowest BCUT2D eigenvalue weighted by Gasteiger charge is -2.40. The lowest BCUT2D eigenvalue weighted by Crippen LogP contribution is -2.50. The second-order valence-corrected chi connectivity index (χ2v) is 4.91. The third-order valence-electron chi connectivity index (χ3n) is 3.81. The average Bonchev–Trinajstić information content (AvgIpc) is 2.35. The number of nitrogens with one attached hydrogen (secondary N) is 2. The smallest absolute Gasteiger partial charge is 0.230 e. The first kappa shape index (κ1) is 13.1. The molecule has 0 unspecified atom stereocenters. The Labute approximate surface area is 109 Å². The maximum atomic E-state index is 12.4. The molecule has 3 nitrogen and oxygen atoms in total. The van der Waals surface area contributed by atoms with Crippen LogP contribution in [0.25, 0.3) is 0 Å². The van der Waals surface area contributed by atoms with Crippen LogP contribution < -0.4 is 10.6 Å². The first-order chi connectivity index (χ1) is 8.79. The molecule has 1 aromatic carbocycles. The Morgan fingerprint density at radius 3 is 2.50 bits per heavy atom. The summed E-state index contributed by atoms with van der Waals surface area (Å²) >= 11 is 0. The Morgan fingerprint density at radius 2 is 1.94 bits per heavy atom. The highest BCUT2D eigenvalue weighted by molar-refractivity contribution is 5.89. The predicted molar refractivity (Wildman–Crippen MR) is 73.5 cm³/mol. The largest absolute Gasteiger partial charge is 0.354 e. The summed E-state index contributed by atoms with van der Waals surface area (Å²) in [5, 5.41) is 6.27. The fraction of sp³-hybridized carbons (Fsp3) is 0.533. The van der Waals surface area contributed by atoms with Gasteiger partial charge in [0.15, 0.2) is 0 Å². The van der Waals surface area contributed by atoms with Crippen LogP contribution in [0.15, 0.2) is 30.3 Å². The predicted octanol–water partition coefficient (Wildman–Crippen LogP) is 1.83. The van der Waals surface area contributed by atoms with Gasteiger partial charge in [-0.2, -0.15) is 0 Å². The van der Waals surface area contributed by atoms with Crippen LogP contribution in [0.5, 0.6) is 0 Å². The molecule has 2 rings (SSSR count). The molecule has 2 N–H and O–H groups in total. The maximum Gasteiger partial charge on any atom is 0.230 e. The van der Waals surface area contributed by atoms with Gasteiger partial charge in [-0.1, -0.05) is 43.7 Å². The van der Waals surface area contributed by atoms with E-state index in [9.17, 15) is 4.79 Å². The number of hydrogen-bond acceptors (Lipinski definition) is 2. The quantitative estimate of drug-likeness (QED) is 0.752. The fourth-order valence-corrected chi connectivity index (χ4v) is 2.54. The van der Waals surface area contributed by atoms with E-state index in [2.05, 4.69) is 29.7 Å². The Hall–Kier alpha value is -1.35. The molecule has 0 saturated heterocycles. The van der Waals surface area contributed by atoms with Crippen LogP contribution in [-0.4, -0.2) is 25.5 Å². The van der Waals surface area contributed by atoms with Gasteiger partial charge in [-0.05, 0) is 24.9 Å². The number of rotatable bonds is 6. The minimum atomic E-state index is -0.256. The molecule has 0 aliphatic heterocycles. The zero-order valence-corrected chi connectivity index (χ0v) is 11.0. The van der Waals surface area contributed by atoms with Gasteiger partial charge in [-0.25, -0.2) is 0 Å². The topological polar surface area (TPSA) is 41.1 Å². The summed E-state index contributed by atoms with van der Waals surface area (Å²) in [5.74, 6) is 0.192. The van der Waals surface area contributed by atoms with E-state index in [1.807, 2.05) is 18.2 Å². The SMILES string of the molecule is CCNCCNC(=O)C1(c2ccccc2)CCC1. The Kier molecular flexibility index (Phi) is 4.37. The van der Waals surface area contributed by atoms with Gasteiger partial charge in [-0.15, -0.1) is 0 Å². The first-order valence-electron chi connectivity index (χ1n) is 6.84. The van der Waals surface area contributed by atoms with Gasteiger partial charge in [0.2, 0.25) is 5.91 Å². The summed E-state index contributed by atoms with van der Waals surface area (Å²) in [7, 11) is 0. The lowest BCUT2D eigenvalue weighted by atomic mass is 9.64. The monoisotopic (exact) mass is 246 g/mol. The third kappa shape index (κ3) is 2.56. The molecule has 0 atom stereocenters. The van der Waals surface area contributed by atoms with E-state index in [0.29, 0.717) is 6.54 Å². The van der Waals surface area contributed by atoms with Crippen LogP contribution in [0.3, 0.4) is 0 Å². The van der Waals surface area contributed by atoms with Crippen molar-refractivity contribution in [2.45, 2.75) is 31.6 Å². The van der Waals surface area contributed by atoms with E-state index >= 15 is 0 Å². The van der Waals surface area contributed by atoms with Crippen molar-refractivity contribution in [3.63, 3.8) is 0 Å². The third-order valence-corrected chi connectivity index (χ3v) is 3.81. The highest BCUT2D eigenvalue weighted by atomic mass is 16.2. The molecule has 1 aromatic rings. The molecule has 98 valence electrons. The molecule has 1 saturated carbocycles. The van der Waals surface area contributed by atoms with Crippen molar-refractivity contribution < 1.29 is 4.79 Å². The Morgan fingerprint density at radius 1 is 1.22 bits per heavy atom. The summed E-state index contributed by atoms with van der Waals surface area (Å²) < 4.78 is 0. The highest BCUT2D eigenvalue weighted by Crippen LogP contribution is 2.43. The van der Waals surface area contributed by atoms with Crippen molar-refractivity contribution in [1.29, 1.82) is 0 Å². The Balaban J connectivity index is 1.98. The number of likely N-dealkylation sites (N-methyl/N-ethyl adjacent to an activating group) is 1. The number of carbonyl (C=O) groups excluding carboxylic acids is 1. The van der Waals surface area contributed by atoms with Crippen LogP contribution in [0, 0.1) is 0 Å². The minimum absolute atomic E-state index is 0.192. The van der Waals surface area contributed by atoms with Crippen molar-refractivity contribution >= 4 is 5.91 Å². The van der Waals surface area contributed by atoms with Crippen molar-refractivity contribution in [2.75, 3.05) is 19.6 Å². The van der Waals surface area contributed by atoms with Gasteiger partial charge in [0, 0.05) is 13.1 Å². The molecule has 1 aliphatic rings. The van der Waals surface area contributed by atoms with Gasteiger partial charge in [0.25, 0.3) is 0 Å². The summed E-state index contributed by atoms with van der Waals surface area (Å²) in [6.07, 6.45) is 3.10. The van der Waals surface area contributed by atoms with E-state index in [1.54, 1.807) is 0 Å². The average molecular weight is 246 g/mol. The van der Waals surface area contributed by atoms with Crippen molar-refractivity contribution in [3.05, 3.63) is 35.9 Å². The molecule has 3 heteroatoms. The van der Waals surface area contributed by atoms with E-state index in [-0.39, 0.29) is 11.3 Å². The first-order valence-corrected chi connectivity index (χ1v) is 6.84. The normalized spacial score (nSPS) is 16.9. The molecule has 0 spiro atoms. The molecule has 18 heavy (non-hydrogen) atoms. The second kappa shape index (κ2) is 6.01. The van der Waals surface area contributed by atoms with Crippen LogP contribution in [0.4, 0.5) is 0 Å². The Bertz CT molecular complexity index is 385. The number of benzene rings is 1. The summed E-state index contributed by atoms with van der Waals surface area (Å²) in [6, 6.07) is 10.2. The molecular weight excluding hydrogens is 224 g/mol. The molecule has 1 aliphatic carbocycles. The highest BCUT2D eigenvalue weighted by Gasteiger charge is 2.45. The van der Waals surface area contributed by atoms with Crippen molar-refractivity contribution in [2.24, 2.45) is 0 Å². The molecule has 1 fully saturated rings. The van der Waals surface area contributed by atoms with Crippen LogP contribution in [-0.2, 0) is 10.2 Å². The van der Waals surface area contributed by atoms with Gasteiger partial charge < -0.3 is 10.6 Å². The number of amides is 1. The van der Waals surface area contributed by atoms with E-state index in [4.69, 9.17) is 0 Å². The molecule has 0 radical (unpaired) electrons. The number of hydrogen-bond donors (Lipinski definition) is 2. The van der Waals surface area contributed by atoms with Gasteiger partial charge in [-0.3, -0.25) is 4.79 Å². The van der Waals surface area contributed by atoms with Gasteiger partial charge in [0.1, 0.15) is 0 Å². The summed E-state index contributed by atoms with van der Waals surface area (Å²) in [6.45, 7) is 4.56. The fourth-order valence-electron chi connectivity index (χ4n) is 2.54. The van der Waals surface area contributed by atoms with Crippen molar-refractivity contribution in [3.8, 4) is 0 Å². The summed E-state index contributed by atoms with van der Waals surface area (Å²) in [5.41, 5.74) is 0.908. The van der Waals surface area contributed by atoms with Gasteiger partial charge >= 0.3 is 0 Å². The van der Waals surface area contributed by atoms with E-state index in [0.717, 1.165) is 37.9 Å². The summed E-state index contributed by atoms with van der Waals surface area (Å²) in [4.78, 5) is 12.4. The number of carbonyl (C=O) groups is 1. The van der Waals surface area contributed by atoms with Crippen molar-refractivity contribution in [1.82, 2.24) is 10.6 Å². The standard InChI is InChI=1S/C15H22N2O/c1-2-16-11-12-17-14(18)15(9-6-10-15)13-7-4-3-5-8-13/h3-5,7-8,16H,2,6,9-12H2,1H3,(H,17,18). The minimum Gasteiger partial charge on any atom is -0.354 e.